The van der Waals surface area contributed by atoms with E-state index >= 15 is 4.39 Å². The summed E-state index contributed by atoms with van der Waals surface area (Å²) >= 11 is 0. The van der Waals surface area contributed by atoms with Crippen LogP contribution in [0.15, 0.2) is 54.9 Å². The van der Waals surface area contributed by atoms with Crippen LogP contribution in [0.1, 0.15) is 24.1 Å². The molecule has 5 rings (SSSR count). The highest BCUT2D eigenvalue weighted by Gasteiger charge is 2.41. The number of fused-ring (bicyclic) bond motifs is 1. The van der Waals surface area contributed by atoms with Crippen molar-refractivity contribution in [3.63, 3.8) is 0 Å². The average Bonchev–Trinajstić information content (AvgIpc) is 3.64. The molecule has 0 radical (unpaired) electrons. The normalized spacial score (nSPS) is 17.6. The van der Waals surface area contributed by atoms with E-state index in [1.807, 2.05) is 46.8 Å². The minimum Gasteiger partial charge on any atom is -0.328 e. The highest BCUT2D eigenvalue weighted by atomic mass is 19.1. The van der Waals surface area contributed by atoms with E-state index in [-0.39, 0.29) is 17.5 Å². The van der Waals surface area contributed by atoms with E-state index in [4.69, 9.17) is 5.10 Å². The number of nitriles is 1. The van der Waals surface area contributed by atoms with Gasteiger partial charge in [-0.1, -0.05) is 6.08 Å². The molecule has 1 saturated carbocycles. The first-order chi connectivity index (χ1) is 17.0. The number of carbonyl (C=O) groups excluding carboxylic acids is 1. The van der Waals surface area contributed by atoms with Crippen LogP contribution < -0.4 is 0 Å². The first kappa shape index (κ1) is 22.9. The fraction of sp³-hybridized carbons (Fsp3) is 0.333. The molecule has 2 aromatic heterocycles. The van der Waals surface area contributed by atoms with Crippen LogP contribution in [0, 0.1) is 23.1 Å². The second-order valence-electron chi connectivity index (χ2n) is 9.43. The Morgan fingerprint density at radius 2 is 2.03 bits per heavy atom. The standard InChI is InChI=1S/C27H27FN6O/c1-32(2)13-3-4-25(35)33-16-24-26(20-9-11-30-12-10-20)27(21-14-18(15-29)5-8-22(21)28)31-34(24)17-23(33)19-6-7-19/h3-5,8-12,14,19,23H,6-7,13,16-17H2,1-2H3/b4-3+. The molecular weight excluding hydrogens is 443 g/mol. The molecule has 0 saturated heterocycles. The lowest BCUT2D eigenvalue weighted by Crippen LogP contribution is -2.47. The Hall–Kier alpha value is -3.83. The van der Waals surface area contributed by atoms with Crippen LogP contribution in [-0.2, 0) is 17.9 Å². The first-order valence-corrected chi connectivity index (χ1v) is 11.8. The molecule has 1 aliphatic carbocycles. The van der Waals surface area contributed by atoms with E-state index in [0.29, 0.717) is 36.8 Å². The summed E-state index contributed by atoms with van der Waals surface area (Å²) in [6.45, 7) is 1.63. The Bertz CT molecular complexity index is 1320. The first-order valence-electron chi connectivity index (χ1n) is 11.8. The van der Waals surface area contributed by atoms with Gasteiger partial charge in [0.25, 0.3) is 0 Å². The Morgan fingerprint density at radius 1 is 1.26 bits per heavy atom. The molecule has 7 nitrogen and oxygen atoms in total. The number of pyridine rings is 1. The van der Waals surface area contributed by atoms with Gasteiger partial charge < -0.3 is 9.80 Å². The van der Waals surface area contributed by atoms with E-state index in [1.54, 1.807) is 24.5 Å². The van der Waals surface area contributed by atoms with Crippen molar-refractivity contribution in [3.05, 3.63) is 72.0 Å². The summed E-state index contributed by atoms with van der Waals surface area (Å²) in [5.41, 5.74) is 3.60. The molecule has 1 aromatic carbocycles. The second kappa shape index (κ2) is 9.43. The lowest BCUT2D eigenvalue weighted by atomic mass is 9.96. The van der Waals surface area contributed by atoms with Crippen molar-refractivity contribution in [3.8, 4) is 28.5 Å². The van der Waals surface area contributed by atoms with Gasteiger partial charge in [0, 0.05) is 36.1 Å². The van der Waals surface area contributed by atoms with E-state index in [0.717, 1.165) is 29.7 Å². The van der Waals surface area contributed by atoms with E-state index in [9.17, 15) is 10.1 Å². The molecule has 1 fully saturated rings. The zero-order chi connectivity index (χ0) is 24.5. The maximum atomic E-state index is 15.0. The van der Waals surface area contributed by atoms with Gasteiger partial charge in [-0.05, 0) is 68.8 Å². The van der Waals surface area contributed by atoms with Crippen molar-refractivity contribution in [1.29, 1.82) is 5.26 Å². The van der Waals surface area contributed by atoms with E-state index < -0.39 is 5.82 Å². The van der Waals surface area contributed by atoms with Crippen LogP contribution in [-0.4, -0.2) is 57.2 Å². The van der Waals surface area contributed by atoms with Crippen molar-refractivity contribution < 1.29 is 9.18 Å². The molecule has 1 amide bonds. The summed E-state index contributed by atoms with van der Waals surface area (Å²) in [6.07, 6.45) is 9.10. The third-order valence-corrected chi connectivity index (χ3v) is 6.64. The van der Waals surface area contributed by atoms with E-state index in [2.05, 4.69) is 11.1 Å². The van der Waals surface area contributed by atoms with Crippen molar-refractivity contribution in [2.24, 2.45) is 5.92 Å². The largest absolute Gasteiger partial charge is 0.328 e. The number of nitrogens with zero attached hydrogens (tertiary/aromatic N) is 6. The zero-order valence-electron chi connectivity index (χ0n) is 19.9. The zero-order valence-corrected chi connectivity index (χ0v) is 19.9. The Kier molecular flexibility index (Phi) is 6.18. The van der Waals surface area contributed by atoms with Gasteiger partial charge in [-0.3, -0.25) is 14.5 Å². The van der Waals surface area contributed by atoms with E-state index in [1.165, 1.54) is 12.1 Å². The summed E-state index contributed by atoms with van der Waals surface area (Å²) in [5.74, 6) is -0.00541. The minimum atomic E-state index is -0.437. The van der Waals surface area contributed by atoms with Crippen LogP contribution in [0.4, 0.5) is 4.39 Å². The monoisotopic (exact) mass is 470 g/mol. The number of hydrogen-bond acceptors (Lipinski definition) is 5. The van der Waals surface area contributed by atoms with Gasteiger partial charge in [-0.2, -0.15) is 10.4 Å². The van der Waals surface area contributed by atoms with Crippen LogP contribution >= 0.6 is 0 Å². The highest BCUT2D eigenvalue weighted by molar-refractivity contribution is 5.89. The van der Waals surface area contributed by atoms with Gasteiger partial charge in [0.2, 0.25) is 5.91 Å². The molecule has 178 valence electrons. The molecular formula is C27H27FN6O. The van der Waals surface area contributed by atoms with Gasteiger partial charge in [0.1, 0.15) is 11.5 Å². The summed E-state index contributed by atoms with van der Waals surface area (Å²) in [7, 11) is 3.93. The second-order valence-corrected chi connectivity index (χ2v) is 9.43. The van der Waals surface area contributed by atoms with Gasteiger partial charge in [-0.15, -0.1) is 0 Å². The third-order valence-electron chi connectivity index (χ3n) is 6.64. The summed E-state index contributed by atoms with van der Waals surface area (Å²) in [5, 5.41) is 14.2. The van der Waals surface area contributed by atoms with Gasteiger partial charge in [0.05, 0.1) is 36.5 Å². The predicted octanol–water partition coefficient (Wildman–Crippen LogP) is 3.86. The van der Waals surface area contributed by atoms with Gasteiger partial charge in [0.15, 0.2) is 0 Å². The number of hydrogen-bond donors (Lipinski definition) is 0. The number of amides is 1. The quantitative estimate of drug-likeness (QED) is 0.511. The SMILES string of the molecule is CN(C)C/C=C/C(=O)N1Cc2c(-c3ccncc3)c(-c3cc(C#N)ccc3F)nn2CC1C1CC1. The maximum absolute atomic E-state index is 15.0. The molecule has 3 aromatic rings. The van der Waals surface area contributed by atoms with Gasteiger partial charge >= 0.3 is 0 Å². The molecule has 0 spiro atoms. The number of rotatable bonds is 6. The van der Waals surface area contributed by atoms with Crippen molar-refractivity contribution in [1.82, 2.24) is 24.6 Å². The Morgan fingerprint density at radius 3 is 2.71 bits per heavy atom. The molecule has 1 unspecified atom stereocenters. The van der Waals surface area contributed by atoms with Crippen molar-refractivity contribution in [2.75, 3.05) is 20.6 Å². The summed E-state index contributed by atoms with van der Waals surface area (Å²) in [4.78, 5) is 21.4. The molecule has 8 heteroatoms. The van der Waals surface area contributed by atoms with Crippen LogP contribution in [0.2, 0.25) is 0 Å². The number of carbonyl (C=O) groups is 1. The maximum Gasteiger partial charge on any atom is 0.246 e. The summed E-state index contributed by atoms with van der Waals surface area (Å²) in [6, 6.07) is 10.2. The topological polar surface area (TPSA) is 78.1 Å². The highest BCUT2D eigenvalue weighted by Crippen LogP contribution is 2.43. The van der Waals surface area contributed by atoms with Gasteiger partial charge in [-0.25, -0.2) is 4.39 Å². The molecule has 2 aliphatic rings. The Labute approximate surface area is 204 Å². The number of likely N-dealkylation sites (N-methyl/N-ethyl adjacent to an activating group) is 1. The smallest absolute Gasteiger partial charge is 0.246 e. The molecule has 0 N–H and O–H groups in total. The number of benzene rings is 1. The fourth-order valence-electron chi connectivity index (χ4n) is 4.74. The molecule has 1 aliphatic heterocycles. The van der Waals surface area contributed by atoms with Crippen molar-refractivity contribution >= 4 is 5.91 Å². The summed E-state index contributed by atoms with van der Waals surface area (Å²) < 4.78 is 17.0. The average molecular weight is 471 g/mol. The molecule has 35 heavy (non-hydrogen) atoms. The predicted molar refractivity (Wildman–Crippen MR) is 130 cm³/mol. The Balaban J connectivity index is 1.62. The van der Waals surface area contributed by atoms with Crippen LogP contribution in [0.3, 0.4) is 0 Å². The van der Waals surface area contributed by atoms with Crippen LogP contribution in [0.5, 0.6) is 0 Å². The number of aromatic nitrogens is 3. The number of halogens is 1. The van der Waals surface area contributed by atoms with Crippen LogP contribution in [0.25, 0.3) is 22.4 Å². The molecule has 1 atom stereocenters. The lowest BCUT2D eigenvalue weighted by molar-refractivity contribution is -0.130. The molecule has 0 bridgehead atoms. The fourth-order valence-corrected chi connectivity index (χ4v) is 4.74. The molecule has 3 heterocycles. The van der Waals surface area contributed by atoms with Crippen molar-refractivity contribution in [2.45, 2.75) is 32.0 Å². The lowest BCUT2D eigenvalue weighted by Gasteiger charge is -2.36. The third kappa shape index (κ3) is 4.60. The minimum absolute atomic E-state index is 0.0175.